The first kappa shape index (κ1) is 25.7. The summed E-state index contributed by atoms with van der Waals surface area (Å²) < 4.78 is 5.55. The summed E-state index contributed by atoms with van der Waals surface area (Å²) in [6.07, 6.45) is 9.80. The monoisotopic (exact) mass is 533 g/mol. The van der Waals surface area contributed by atoms with Gasteiger partial charge in [0.25, 0.3) is 0 Å². The number of β-amino-alcohol motifs (C(OH)–C–C–N with tert-alkyl or cyclic N) is 1. The third-order valence-electron chi connectivity index (χ3n) is 7.88. The number of carbonyl (C=O) groups excluding carboxylic acids is 1. The van der Waals surface area contributed by atoms with Gasteiger partial charge in [-0.1, -0.05) is 6.08 Å². The second-order valence-corrected chi connectivity index (χ2v) is 10.2. The smallest absolute Gasteiger partial charge is 0.249 e. The minimum absolute atomic E-state index is 0.123. The molecule has 3 N–H and O–H groups in total. The zero-order valence-corrected chi connectivity index (χ0v) is 22.1. The molecule has 2 saturated heterocycles. The Labute approximate surface area is 227 Å². The number of morpholine rings is 1. The molecule has 2 aromatic heterocycles. The highest BCUT2D eigenvalue weighted by atomic mass is 16.5. The van der Waals surface area contributed by atoms with Crippen LogP contribution in [0.2, 0.25) is 0 Å². The number of nitrogen functional groups attached to an aromatic ring is 1. The summed E-state index contributed by atoms with van der Waals surface area (Å²) in [6, 6.07) is 0. The van der Waals surface area contributed by atoms with Gasteiger partial charge in [-0.2, -0.15) is 4.98 Å². The van der Waals surface area contributed by atoms with E-state index in [-0.39, 0.29) is 18.5 Å². The van der Waals surface area contributed by atoms with E-state index in [9.17, 15) is 9.90 Å². The fourth-order valence-corrected chi connectivity index (χ4v) is 5.68. The van der Waals surface area contributed by atoms with E-state index in [1.165, 1.54) is 0 Å². The van der Waals surface area contributed by atoms with Crippen LogP contribution in [0.4, 0.5) is 17.7 Å². The van der Waals surface area contributed by atoms with Gasteiger partial charge in [0.2, 0.25) is 17.8 Å². The number of piperazine rings is 1. The van der Waals surface area contributed by atoms with Crippen LogP contribution in [-0.2, 0) is 16.0 Å². The van der Waals surface area contributed by atoms with Gasteiger partial charge >= 0.3 is 0 Å². The predicted octanol–water partition coefficient (Wildman–Crippen LogP) is 0.456. The van der Waals surface area contributed by atoms with Crippen molar-refractivity contribution in [2.45, 2.75) is 19.3 Å². The minimum Gasteiger partial charge on any atom is -0.395 e. The van der Waals surface area contributed by atoms with E-state index >= 15 is 0 Å². The van der Waals surface area contributed by atoms with Crippen LogP contribution in [0.5, 0.6) is 0 Å². The maximum Gasteiger partial charge on any atom is 0.249 e. The van der Waals surface area contributed by atoms with Crippen LogP contribution in [0, 0.1) is 0 Å². The van der Waals surface area contributed by atoms with Crippen molar-refractivity contribution >= 4 is 23.6 Å². The van der Waals surface area contributed by atoms with Gasteiger partial charge < -0.3 is 30.3 Å². The molecule has 0 radical (unpaired) electrons. The maximum atomic E-state index is 13.2. The Balaban J connectivity index is 1.26. The first-order valence-electron chi connectivity index (χ1n) is 13.7. The van der Waals surface area contributed by atoms with Crippen LogP contribution in [0.25, 0.3) is 11.3 Å². The molecule has 0 atom stereocenters. The summed E-state index contributed by atoms with van der Waals surface area (Å²) in [5.41, 5.74) is 10.5. The Morgan fingerprint density at radius 2 is 1.72 bits per heavy atom. The molecule has 5 heterocycles. The summed E-state index contributed by atoms with van der Waals surface area (Å²) in [5, 5.41) is 9.17. The highest BCUT2D eigenvalue weighted by Crippen LogP contribution is 2.39. The van der Waals surface area contributed by atoms with Gasteiger partial charge in [-0.05, 0) is 25.3 Å². The fraction of sp³-hybridized carbons (Fsp3) is 0.519. The number of allylic oxidation sites excluding steroid dienone is 3. The second-order valence-electron chi connectivity index (χ2n) is 10.2. The molecule has 0 spiro atoms. The van der Waals surface area contributed by atoms with Gasteiger partial charge in [-0.15, -0.1) is 0 Å². The predicted molar refractivity (Wildman–Crippen MR) is 147 cm³/mol. The number of aliphatic hydroxyl groups is 1. The lowest BCUT2D eigenvalue weighted by Gasteiger charge is -2.35. The fourth-order valence-electron chi connectivity index (χ4n) is 5.68. The van der Waals surface area contributed by atoms with E-state index in [1.54, 1.807) is 12.4 Å². The number of aromatic nitrogens is 4. The first-order chi connectivity index (χ1) is 19.1. The Morgan fingerprint density at radius 1 is 0.949 bits per heavy atom. The lowest BCUT2D eigenvalue weighted by atomic mass is 10.00. The zero-order valence-electron chi connectivity index (χ0n) is 22.1. The number of nitrogens with zero attached hydrogens (tertiary/aromatic N) is 8. The van der Waals surface area contributed by atoms with Gasteiger partial charge in [0.05, 0.1) is 25.5 Å². The van der Waals surface area contributed by atoms with Crippen molar-refractivity contribution in [3.8, 4) is 11.3 Å². The average molecular weight is 534 g/mol. The van der Waals surface area contributed by atoms with E-state index in [0.29, 0.717) is 45.2 Å². The van der Waals surface area contributed by atoms with Gasteiger partial charge in [-0.3, -0.25) is 9.69 Å². The van der Waals surface area contributed by atoms with E-state index in [0.717, 1.165) is 79.5 Å². The maximum absolute atomic E-state index is 13.2. The van der Waals surface area contributed by atoms with Crippen molar-refractivity contribution in [1.82, 2.24) is 29.7 Å². The van der Waals surface area contributed by atoms with Gasteiger partial charge in [-0.25, -0.2) is 15.0 Å². The number of carbonyl (C=O) groups is 1. The molecular weight excluding hydrogens is 498 g/mol. The second kappa shape index (κ2) is 11.2. The third kappa shape index (κ3) is 5.32. The molecule has 1 amide bonds. The molecule has 206 valence electrons. The van der Waals surface area contributed by atoms with E-state index in [4.69, 9.17) is 20.4 Å². The summed E-state index contributed by atoms with van der Waals surface area (Å²) >= 11 is 0. The summed E-state index contributed by atoms with van der Waals surface area (Å²) in [7, 11) is 0. The standard InChI is InChI=1S/C27H35N9O3/c28-26-29-17-20(18-30-26)23-22-5-6-36(24(22)32-27(31-23)35-12-15-39-16-13-35)21-3-1-19(2-4-21)25(38)34-9-7-33(8-10-34)11-14-37/h1,3,17-18,37H,2,4-16H2,(H2,28,29,30). The molecular formula is C27H35N9O3. The molecule has 2 aromatic rings. The summed E-state index contributed by atoms with van der Waals surface area (Å²) in [6.45, 7) is 7.39. The van der Waals surface area contributed by atoms with E-state index in [1.807, 2.05) is 11.0 Å². The Morgan fingerprint density at radius 3 is 2.41 bits per heavy atom. The van der Waals surface area contributed by atoms with Crippen LogP contribution < -0.4 is 15.5 Å². The van der Waals surface area contributed by atoms with Crippen molar-refractivity contribution < 1.29 is 14.6 Å². The first-order valence-corrected chi connectivity index (χ1v) is 13.7. The summed E-state index contributed by atoms with van der Waals surface area (Å²) in [5.74, 6) is 1.95. The Kier molecular flexibility index (Phi) is 7.40. The van der Waals surface area contributed by atoms with Crippen LogP contribution in [0.1, 0.15) is 18.4 Å². The van der Waals surface area contributed by atoms with Crippen molar-refractivity contribution in [1.29, 1.82) is 0 Å². The third-order valence-corrected chi connectivity index (χ3v) is 7.88. The molecule has 12 nitrogen and oxygen atoms in total. The highest BCUT2D eigenvalue weighted by molar-refractivity contribution is 5.94. The molecule has 3 aliphatic heterocycles. The van der Waals surface area contributed by atoms with Crippen LogP contribution in [-0.4, -0.2) is 113 Å². The number of aliphatic hydroxyl groups excluding tert-OH is 1. The SMILES string of the molecule is Nc1ncc(-c2nc(N3CCOCC3)nc3c2CCN3C2=CC=C(C(=O)N3CCN(CCO)CC3)CC2)cn1. The number of rotatable bonds is 6. The number of amides is 1. The van der Waals surface area contributed by atoms with E-state index < -0.39 is 0 Å². The van der Waals surface area contributed by atoms with Crippen molar-refractivity contribution in [2.24, 2.45) is 0 Å². The molecule has 6 rings (SSSR count). The molecule has 39 heavy (non-hydrogen) atoms. The normalized spacial score (nSPS) is 20.1. The van der Waals surface area contributed by atoms with Gasteiger partial charge in [0, 0.05) is 87.1 Å². The molecule has 0 bridgehead atoms. The molecule has 12 heteroatoms. The molecule has 2 fully saturated rings. The number of hydrogen-bond acceptors (Lipinski definition) is 11. The molecule has 0 aromatic carbocycles. The molecule has 1 aliphatic carbocycles. The Bertz CT molecular complexity index is 1270. The average Bonchev–Trinajstić information content (AvgIpc) is 3.42. The molecule has 0 saturated carbocycles. The van der Waals surface area contributed by atoms with Crippen LogP contribution in [0.3, 0.4) is 0 Å². The lowest BCUT2D eigenvalue weighted by molar-refractivity contribution is -0.129. The zero-order chi connectivity index (χ0) is 26.8. The summed E-state index contributed by atoms with van der Waals surface area (Å²) in [4.78, 5) is 40.2. The number of ether oxygens (including phenoxy) is 1. The number of nitrogens with two attached hydrogens (primary N) is 1. The number of fused-ring (bicyclic) bond motifs is 1. The van der Waals surface area contributed by atoms with E-state index in [2.05, 4.69) is 30.7 Å². The molecule has 0 unspecified atom stereocenters. The quantitative estimate of drug-likeness (QED) is 0.536. The largest absolute Gasteiger partial charge is 0.395 e. The highest BCUT2D eigenvalue weighted by Gasteiger charge is 2.32. The number of anilines is 3. The lowest BCUT2D eigenvalue weighted by Crippen LogP contribution is -2.49. The topological polar surface area (TPSA) is 137 Å². The van der Waals surface area contributed by atoms with Crippen LogP contribution in [0.15, 0.2) is 35.8 Å². The van der Waals surface area contributed by atoms with Crippen LogP contribution >= 0.6 is 0 Å². The van der Waals surface area contributed by atoms with Crippen molar-refractivity contribution in [3.05, 3.63) is 41.4 Å². The number of hydrogen-bond donors (Lipinski definition) is 2. The molecule has 4 aliphatic rings. The minimum atomic E-state index is 0.123. The van der Waals surface area contributed by atoms with Gasteiger partial charge in [0.1, 0.15) is 5.82 Å². The van der Waals surface area contributed by atoms with Crippen molar-refractivity contribution in [2.75, 3.05) is 87.7 Å². The Hall–Kier alpha value is -3.61. The van der Waals surface area contributed by atoms with Gasteiger partial charge in [0.15, 0.2) is 0 Å². The van der Waals surface area contributed by atoms with Crippen molar-refractivity contribution in [3.63, 3.8) is 0 Å².